The van der Waals surface area contributed by atoms with Gasteiger partial charge in [0.2, 0.25) is 0 Å². The minimum Gasteiger partial charge on any atom is -0.398 e. The van der Waals surface area contributed by atoms with E-state index in [-0.39, 0.29) is 0 Å². The van der Waals surface area contributed by atoms with Crippen LogP contribution < -0.4 is 5.73 Å². The summed E-state index contributed by atoms with van der Waals surface area (Å²) in [5, 5.41) is 7.38. The molecular weight excluding hydrogens is 244 g/mol. The largest absolute Gasteiger partial charge is 0.398 e. The van der Waals surface area contributed by atoms with Gasteiger partial charge < -0.3 is 11.1 Å². The van der Waals surface area contributed by atoms with Crippen LogP contribution in [0.2, 0.25) is 0 Å². The van der Waals surface area contributed by atoms with Crippen molar-refractivity contribution >= 4 is 11.9 Å². The first-order valence-electron chi connectivity index (χ1n) is 7.12. The minimum absolute atomic E-state index is 0.445. The van der Waals surface area contributed by atoms with Gasteiger partial charge in [-0.05, 0) is 49.8 Å². The molecule has 0 atom stereocenters. The van der Waals surface area contributed by atoms with Crippen molar-refractivity contribution in [3.8, 4) is 0 Å². The van der Waals surface area contributed by atoms with Crippen molar-refractivity contribution in [1.29, 1.82) is 5.41 Å². The lowest BCUT2D eigenvalue weighted by molar-refractivity contribution is 0.859. The Morgan fingerprint density at radius 2 is 2.00 bits per heavy atom. The first-order chi connectivity index (χ1) is 9.40. The van der Waals surface area contributed by atoms with Crippen molar-refractivity contribution in [3.05, 3.63) is 52.1 Å². The van der Waals surface area contributed by atoms with Gasteiger partial charge in [-0.25, -0.2) is 0 Å². The molecule has 20 heavy (non-hydrogen) atoms. The van der Waals surface area contributed by atoms with Gasteiger partial charge in [0, 0.05) is 17.5 Å². The molecule has 0 saturated heterocycles. The van der Waals surface area contributed by atoms with E-state index in [0.717, 1.165) is 28.8 Å². The lowest BCUT2D eigenvalue weighted by Crippen LogP contribution is -2.06. The van der Waals surface area contributed by atoms with Crippen molar-refractivity contribution < 1.29 is 0 Å². The zero-order valence-corrected chi connectivity index (χ0v) is 13.2. The standard InChI is InChI=1S/C18H26N2/c1-6-15(11-19)10-14(5)18(20)16-8-7-13(4)9-17(16)12(2)3/h6-9,11-12,19H,10,20H2,1-5H3/b15-6-,18-14+,19-11?. The summed E-state index contributed by atoms with van der Waals surface area (Å²) in [5.74, 6) is 0.445. The Morgan fingerprint density at radius 3 is 2.50 bits per heavy atom. The molecule has 0 aliphatic heterocycles. The monoisotopic (exact) mass is 270 g/mol. The third kappa shape index (κ3) is 3.83. The Balaban J connectivity index is 3.25. The van der Waals surface area contributed by atoms with E-state index in [0.29, 0.717) is 5.92 Å². The zero-order chi connectivity index (χ0) is 15.3. The fraction of sp³-hybridized carbons (Fsp3) is 0.389. The van der Waals surface area contributed by atoms with Crippen molar-refractivity contribution in [2.75, 3.05) is 0 Å². The maximum atomic E-state index is 7.38. The van der Waals surface area contributed by atoms with Gasteiger partial charge in [-0.2, -0.15) is 0 Å². The molecule has 0 heterocycles. The molecule has 0 aliphatic carbocycles. The van der Waals surface area contributed by atoms with E-state index in [4.69, 9.17) is 11.1 Å². The van der Waals surface area contributed by atoms with Crippen molar-refractivity contribution in [1.82, 2.24) is 0 Å². The Kier molecular flexibility index (Phi) is 5.75. The van der Waals surface area contributed by atoms with Gasteiger partial charge in [-0.1, -0.05) is 43.7 Å². The lowest BCUT2D eigenvalue weighted by Gasteiger charge is -2.16. The van der Waals surface area contributed by atoms with Gasteiger partial charge in [0.15, 0.2) is 0 Å². The molecule has 0 amide bonds. The van der Waals surface area contributed by atoms with E-state index in [1.165, 1.54) is 17.3 Å². The predicted octanol–water partition coefficient (Wildman–Crippen LogP) is 4.79. The molecule has 0 aliphatic rings. The summed E-state index contributed by atoms with van der Waals surface area (Å²) in [4.78, 5) is 0. The van der Waals surface area contributed by atoms with E-state index >= 15 is 0 Å². The van der Waals surface area contributed by atoms with Gasteiger partial charge in [0.1, 0.15) is 0 Å². The van der Waals surface area contributed by atoms with Gasteiger partial charge in [-0.3, -0.25) is 0 Å². The lowest BCUT2D eigenvalue weighted by atomic mass is 9.91. The second-order valence-corrected chi connectivity index (χ2v) is 5.62. The molecule has 0 bridgehead atoms. The number of nitrogens with two attached hydrogens (primary N) is 1. The predicted molar refractivity (Wildman–Crippen MR) is 89.2 cm³/mol. The summed E-state index contributed by atoms with van der Waals surface area (Å²) in [5.41, 5.74) is 13.0. The first kappa shape index (κ1) is 16.2. The number of nitrogens with one attached hydrogen (secondary N) is 1. The highest BCUT2D eigenvalue weighted by Gasteiger charge is 2.11. The van der Waals surface area contributed by atoms with E-state index < -0.39 is 0 Å². The highest BCUT2D eigenvalue weighted by molar-refractivity contribution is 5.78. The maximum Gasteiger partial charge on any atom is 0.0383 e. The molecule has 108 valence electrons. The summed E-state index contributed by atoms with van der Waals surface area (Å²) in [7, 11) is 0. The molecule has 2 nitrogen and oxygen atoms in total. The van der Waals surface area contributed by atoms with E-state index in [1.807, 2.05) is 19.9 Å². The highest BCUT2D eigenvalue weighted by atomic mass is 14.6. The summed E-state index contributed by atoms with van der Waals surface area (Å²) >= 11 is 0. The molecule has 3 N–H and O–H groups in total. The molecule has 0 radical (unpaired) electrons. The topological polar surface area (TPSA) is 49.9 Å². The van der Waals surface area contributed by atoms with Crippen LogP contribution in [0.3, 0.4) is 0 Å². The smallest absolute Gasteiger partial charge is 0.0383 e. The Bertz CT molecular complexity index is 549. The number of benzene rings is 1. The summed E-state index contributed by atoms with van der Waals surface area (Å²) in [6.45, 7) is 10.5. The molecule has 1 rings (SSSR count). The van der Waals surface area contributed by atoms with Gasteiger partial charge in [0.05, 0.1) is 0 Å². The Labute approximate surface area is 122 Å². The van der Waals surface area contributed by atoms with Crippen LogP contribution in [0.4, 0.5) is 0 Å². The molecule has 0 unspecified atom stereocenters. The first-order valence-corrected chi connectivity index (χ1v) is 7.12. The Morgan fingerprint density at radius 1 is 1.35 bits per heavy atom. The van der Waals surface area contributed by atoms with Gasteiger partial charge in [0.25, 0.3) is 0 Å². The van der Waals surface area contributed by atoms with Gasteiger partial charge in [-0.15, -0.1) is 0 Å². The average molecular weight is 270 g/mol. The quantitative estimate of drug-likeness (QED) is 0.742. The van der Waals surface area contributed by atoms with Crippen LogP contribution in [0.25, 0.3) is 5.70 Å². The summed E-state index contributed by atoms with van der Waals surface area (Å²) in [6.07, 6.45) is 4.09. The van der Waals surface area contributed by atoms with Gasteiger partial charge >= 0.3 is 0 Å². The zero-order valence-electron chi connectivity index (χ0n) is 13.2. The fourth-order valence-electron chi connectivity index (χ4n) is 2.27. The number of rotatable bonds is 5. The average Bonchev–Trinajstić information content (AvgIpc) is 2.43. The molecule has 0 saturated carbocycles. The summed E-state index contributed by atoms with van der Waals surface area (Å²) < 4.78 is 0. The number of hydrogen-bond donors (Lipinski definition) is 2. The molecule has 0 spiro atoms. The van der Waals surface area contributed by atoms with Crippen LogP contribution in [0, 0.1) is 12.3 Å². The number of aryl methyl sites for hydroxylation is 1. The second kappa shape index (κ2) is 7.09. The van der Waals surface area contributed by atoms with Crippen LogP contribution in [0.5, 0.6) is 0 Å². The van der Waals surface area contributed by atoms with E-state index in [2.05, 4.69) is 39.0 Å². The van der Waals surface area contributed by atoms with E-state index in [1.54, 1.807) is 0 Å². The molecule has 0 aromatic heterocycles. The summed E-state index contributed by atoms with van der Waals surface area (Å²) in [6, 6.07) is 6.44. The van der Waals surface area contributed by atoms with Crippen LogP contribution >= 0.6 is 0 Å². The molecule has 2 heteroatoms. The van der Waals surface area contributed by atoms with Crippen LogP contribution in [-0.4, -0.2) is 6.21 Å². The molecule has 0 fully saturated rings. The minimum atomic E-state index is 0.445. The number of allylic oxidation sites excluding steroid dienone is 3. The number of hydrogen-bond acceptors (Lipinski definition) is 2. The molecule has 1 aromatic rings. The molecule has 1 aromatic carbocycles. The van der Waals surface area contributed by atoms with E-state index in [9.17, 15) is 0 Å². The maximum absolute atomic E-state index is 7.38. The SMILES string of the molecule is C/C=C(\C=N)C/C(C)=C(/N)c1ccc(C)cc1C(C)C. The second-order valence-electron chi connectivity index (χ2n) is 5.62. The van der Waals surface area contributed by atoms with Crippen molar-refractivity contribution in [2.24, 2.45) is 5.73 Å². The third-order valence-electron chi connectivity index (χ3n) is 3.60. The fourth-order valence-corrected chi connectivity index (χ4v) is 2.27. The molecular formula is C18H26N2. The van der Waals surface area contributed by atoms with Crippen LogP contribution in [-0.2, 0) is 0 Å². The highest BCUT2D eigenvalue weighted by Crippen LogP contribution is 2.27. The van der Waals surface area contributed by atoms with Crippen molar-refractivity contribution in [2.45, 2.75) is 47.0 Å². The Hall–Kier alpha value is -1.83. The third-order valence-corrected chi connectivity index (χ3v) is 3.60. The van der Waals surface area contributed by atoms with Crippen LogP contribution in [0.15, 0.2) is 35.4 Å². The van der Waals surface area contributed by atoms with Crippen LogP contribution in [0.1, 0.15) is 56.7 Å². The normalized spacial score (nSPS) is 13.4. The van der Waals surface area contributed by atoms with Crippen molar-refractivity contribution in [3.63, 3.8) is 0 Å².